The van der Waals surface area contributed by atoms with Crippen molar-refractivity contribution in [1.82, 2.24) is 4.31 Å². The van der Waals surface area contributed by atoms with Crippen molar-refractivity contribution in [2.24, 2.45) is 0 Å². The first-order valence-corrected chi connectivity index (χ1v) is 8.56. The zero-order chi connectivity index (χ0) is 16.8. The molecule has 0 aliphatic heterocycles. The highest BCUT2D eigenvalue weighted by molar-refractivity contribution is 7.89. The van der Waals surface area contributed by atoms with E-state index in [2.05, 4.69) is 0 Å². The maximum absolute atomic E-state index is 12.9. The Hall–Kier alpha value is -1.50. The molecule has 1 N–H and O–H groups in total. The second-order valence-electron chi connectivity index (χ2n) is 5.20. The Bertz CT molecular complexity index is 627. The van der Waals surface area contributed by atoms with Crippen LogP contribution < -0.4 is 0 Å². The van der Waals surface area contributed by atoms with Gasteiger partial charge < -0.3 is 9.90 Å². The first-order chi connectivity index (χ1) is 10.3. The number of aldehydes is 1. The predicted octanol–water partition coefficient (Wildman–Crippen LogP) is 1.74. The highest BCUT2D eigenvalue weighted by Gasteiger charge is 2.26. The molecule has 0 aromatic heterocycles. The van der Waals surface area contributed by atoms with Gasteiger partial charge in [-0.3, -0.25) is 0 Å². The van der Waals surface area contributed by atoms with E-state index in [0.717, 1.165) is 5.56 Å². The van der Waals surface area contributed by atoms with Crippen LogP contribution in [0.25, 0.3) is 0 Å². The molecular formula is C16H23NO4S. The van der Waals surface area contributed by atoms with Crippen molar-refractivity contribution in [2.45, 2.75) is 32.1 Å². The Morgan fingerprint density at radius 3 is 2.23 bits per heavy atom. The summed E-state index contributed by atoms with van der Waals surface area (Å²) < 4.78 is 27.1. The zero-order valence-electron chi connectivity index (χ0n) is 13.2. The summed E-state index contributed by atoms with van der Waals surface area (Å²) in [6.07, 6.45) is 3.91. The van der Waals surface area contributed by atoms with Gasteiger partial charge in [0.1, 0.15) is 6.29 Å². The van der Waals surface area contributed by atoms with Crippen molar-refractivity contribution in [3.05, 3.63) is 41.0 Å². The molecule has 0 radical (unpaired) electrons. The van der Waals surface area contributed by atoms with Crippen molar-refractivity contribution in [2.75, 3.05) is 19.7 Å². The summed E-state index contributed by atoms with van der Waals surface area (Å²) in [5, 5.41) is 8.78. The molecule has 0 heterocycles. The monoisotopic (exact) mass is 325 g/mol. The Labute approximate surface area is 132 Å². The summed E-state index contributed by atoms with van der Waals surface area (Å²) in [6.45, 7) is 5.56. The average molecular weight is 325 g/mol. The number of benzene rings is 1. The van der Waals surface area contributed by atoms with Crippen LogP contribution in [0.1, 0.15) is 23.1 Å². The van der Waals surface area contributed by atoms with Gasteiger partial charge in [0.2, 0.25) is 10.0 Å². The highest BCUT2D eigenvalue weighted by atomic mass is 32.2. The number of carbonyl (C=O) groups is 1. The Morgan fingerprint density at radius 2 is 1.73 bits per heavy atom. The van der Waals surface area contributed by atoms with Gasteiger partial charge in [0.05, 0.1) is 11.5 Å². The fourth-order valence-corrected chi connectivity index (χ4v) is 4.29. The minimum absolute atomic E-state index is 0.119. The molecule has 0 spiro atoms. The van der Waals surface area contributed by atoms with E-state index in [4.69, 9.17) is 5.11 Å². The molecule has 6 heteroatoms. The Kier molecular flexibility index (Phi) is 6.93. The third kappa shape index (κ3) is 4.50. The molecule has 0 saturated carbocycles. The quantitative estimate of drug-likeness (QED) is 0.583. The largest absolute Gasteiger partial charge is 0.392 e. The second-order valence-corrected chi connectivity index (χ2v) is 7.07. The van der Waals surface area contributed by atoms with Gasteiger partial charge in [0.25, 0.3) is 0 Å². The number of hydrogen-bond acceptors (Lipinski definition) is 4. The van der Waals surface area contributed by atoms with Crippen molar-refractivity contribution >= 4 is 16.3 Å². The van der Waals surface area contributed by atoms with E-state index < -0.39 is 10.0 Å². The first-order valence-electron chi connectivity index (χ1n) is 7.12. The van der Waals surface area contributed by atoms with Crippen LogP contribution in [0.5, 0.6) is 0 Å². The number of aliphatic hydroxyl groups is 1. The van der Waals surface area contributed by atoms with Crippen LogP contribution in [0.15, 0.2) is 29.2 Å². The molecule has 5 nitrogen and oxygen atoms in total. The summed E-state index contributed by atoms with van der Waals surface area (Å²) in [7, 11) is -3.69. The number of nitrogens with zero attached hydrogens (tertiary/aromatic N) is 1. The third-order valence-corrected chi connectivity index (χ3v) is 5.45. The smallest absolute Gasteiger partial charge is 0.243 e. The van der Waals surface area contributed by atoms with Crippen LogP contribution >= 0.6 is 0 Å². The van der Waals surface area contributed by atoms with E-state index in [1.54, 1.807) is 19.9 Å². The molecule has 1 rings (SSSR count). The van der Waals surface area contributed by atoms with Crippen molar-refractivity contribution < 1.29 is 18.3 Å². The summed E-state index contributed by atoms with van der Waals surface area (Å²) in [5.41, 5.74) is 2.40. The number of sulfonamides is 1. The van der Waals surface area contributed by atoms with E-state index in [-0.39, 0.29) is 26.1 Å². The van der Waals surface area contributed by atoms with Crippen LogP contribution in [0.3, 0.4) is 0 Å². The lowest BCUT2D eigenvalue weighted by Gasteiger charge is -2.22. The molecule has 0 bridgehead atoms. The molecule has 0 amide bonds. The van der Waals surface area contributed by atoms with E-state index in [1.165, 1.54) is 10.4 Å². The summed E-state index contributed by atoms with van der Waals surface area (Å²) >= 11 is 0. The molecule has 1 aromatic carbocycles. The Balaban J connectivity index is 3.26. The molecule has 1 aromatic rings. The fraction of sp³-hybridized carbons (Fsp3) is 0.438. The molecular weight excluding hydrogens is 302 g/mol. The van der Waals surface area contributed by atoms with Crippen molar-refractivity contribution in [3.63, 3.8) is 0 Å². The molecule has 0 unspecified atom stereocenters. The van der Waals surface area contributed by atoms with Crippen LogP contribution in [-0.4, -0.2) is 43.8 Å². The fourth-order valence-electron chi connectivity index (χ4n) is 2.48. The van der Waals surface area contributed by atoms with Crippen LogP contribution in [-0.2, 0) is 14.8 Å². The van der Waals surface area contributed by atoms with Crippen LogP contribution in [0.2, 0.25) is 0 Å². The second kappa shape index (κ2) is 8.22. The number of carbonyl (C=O) groups excluding carboxylic acids is 1. The lowest BCUT2D eigenvalue weighted by molar-refractivity contribution is -0.107. The normalized spacial score (nSPS) is 12.2. The summed E-state index contributed by atoms with van der Waals surface area (Å²) in [6, 6.07) is 3.67. The SMILES string of the molecule is Cc1cc(C)c(S(=O)(=O)N(C/C=C\CO)CCC=O)c(C)c1. The molecule has 0 aliphatic rings. The van der Waals surface area contributed by atoms with E-state index in [1.807, 2.05) is 19.1 Å². The summed E-state index contributed by atoms with van der Waals surface area (Å²) in [4.78, 5) is 10.9. The van der Waals surface area contributed by atoms with Crippen LogP contribution in [0, 0.1) is 20.8 Å². The molecule has 122 valence electrons. The first kappa shape index (κ1) is 18.5. The van der Waals surface area contributed by atoms with Crippen LogP contribution in [0.4, 0.5) is 0 Å². The van der Waals surface area contributed by atoms with Gasteiger partial charge in [-0.25, -0.2) is 8.42 Å². The number of aliphatic hydroxyl groups excluding tert-OH is 1. The average Bonchev–Trinajstić information content (AvgIpc) is 2.40. The predicted molar refractivity (Wildman–Crippen MR) is 86.3 cm³/mol. The van der Waals surface area contributed by atoms with Gasteiger partial charge in [0.15, 0.2) is 0 Å². The molecule has 0 fully saturated rings. The standard InChI is InChI=1S/C16H23NO4S/c1-13-11-14(2)16(15(3)12-13)22(20,21)17(8-6-10-19)7-4-5-9-18/h4-5,10-12,18H,6-9H2,1-3H3/b5-4-. The molecule has 22 heavy (non-hydrogen) atoms. The van der Waals surface area contributed by atoms with Gasteiger partial charge in [-0.15, -0.1) is 0 Å². The van der Waals surface area contributed by atoms with E-state index in [0.29, 0.717) is 22.3 Å². The number of rotatable bonds is 8. The minimum Gasteiger partial charge on any atom is -0.392 e. The van der Waals surface area contributed by atoms with Gasteiger partial charge in [0, 0.05) is 19.5 Å². The van der Waals surface area contributed by atoms with Gasteiger partial charge >= 0.3 is 0 Å². The molecule has 0 atom stereocenters. The van der Waals surface area contributed by atoms with Crippen molar-refractivity contribution in [3.8, 4) is 0 Å². The van der Waals surface area contributed by atoms with E-state index >= 15 is 0 Å². The van der Waals surface area contributed by atoms with E-state index in [9.17, 15) is 13.2 Å². The number of hydrogen-bond donors (Lipinski definition) is 1. The maximum atomic E-state index is 12.9. The minimum atomic E-state index is -3.69. The highest BCUT2D eigenvalue weighted by Crippen LogP contribution is 2.25. The molecule has 0 aliphatic carbocycles. The van der Waals surface area contributed by atoms with Gasteiger partial charge in [-0.1, -0.05) is 29.8 Å². The Morgan fingerprint density at radius 1 is 1.14 bits per heavy atom. The third-order valence-electron chi connectivity index (χ3n) is 3.28. The maximum Gasteiger partial charge on any atom is 0.243 e. The lowest BCUT2D eigenvalue weighted by Crippen LogP contribution is -2.33. The lowest BCUT2D eigenvalue weighted by atomic mass is 10.1. The molecule has 0 saturated heterocycles. The zero-order valence-corrected chi connectivity index (χ0v) is 14.1. The topological polar surface area (TPSA) is 74.7 Å². The number of aryl methyl sites for hydroxylation is 3. The summed E-state index contributed by atoms with van der Waals surface area (Å²) in [5.74, 6) is 0. The van der Waals surface area contributed by atoms with Crippen molar-refractivity contribution in [1.29, 1.82) is 0 Å². The van der Waals surface area contributed by atoms with Gasteiger partial charge in [-0.2, -0.15) is 4.31 Å². The van der Waals surface area contributed by atoms with Gasteiger partial charge in [-0.05, 0) is 31.9 Å².